The first kappa shape index (κ1) is 13.2. The zero-order valence-electron chi connectivity index (χ0n) is 7.45. The molecule has 14 heavy (non-hydrogen) atoms. The van der Waals surface area contributed by atoms with Crippen molar-refractivity contribution in [2.75, 3.05) is 0 Å². The summed E-state index contributed by atoms with van der Waals surface area (Å²) >= 11 is 0. The van der Waals surface area contributed by atoms with E-state index >= 15 is 0 Å². The average molecular weight is 230 g/mol. The van der Waals surface area contributed by atoms with Crippen LogP contribution in [0.5, 0.6) is 0 Å². The minimum atomic E-state index is -4.37. The van der Waals surface area contributed by atoms with Gasteiger partial charge in [0, 0.05) is 12.2 Å². The van der Waals surface area contributed by atoms with Crippen LogP contribution in [-0.2, 0) is 12.7 Å². The summed E-state index contributed by atoms with van der Waals surface area (Å²) in [4.78, 5) is 0. The Morgan fingerprint density at radius 2 is 2.14 bits per heavy atom. The lowest BCUT2D eigenvalue weighted by Gasteiger charge is -2.05. The standard InChI is InChI=1S/C7H10F3N3.ClH/c1-5(11)4-13-3-2-6(12-13)7(8,9)10;/h2-3,5H,4,11H2,1H3;1H. The summed E-state index contributed by atoms with van der Waals surface area (Å²) in [5, 5.41) is 3.33. The molecule has 2 N–H and O–H groups in total. The van der Waals surface area contributed by atoms with Gasteiger partial charge < -0.3 is 5.73 Å². The third-order valence-corrected chi connectivity index (χ3v) is 1.41. The van der Waals surface area contributed by atoms with E-state index in [0.29, 0.717) is 0 Å². The van der Waals surface area contributed by atoms with Crippen molar-refractivity contribution < 1.29 is 13.2 Å². The van der Waals surface area contributed by atoms with Crippen LogP contribution in [0.2, 0.25) is 0 Å². The normalized spacial score (nSPS) is 13.5. The second-order valence-electron chi connectivity index (χ2n) is 2.90. The number of nitrogens with zero attached hydrogens (tertiary/aromatic N) is 2. The van der Waals surface area contributed by atoms with Gasteiger partial charge in [0.05, 0.1) is 6.54 Å². The molecule has 1 atom stereocenters. The van der Waals surface area contributed by atoms with Crippen molar-refractivity contribution in [3.63, 3.8) is 0 Å². The van der Waals surface area contributed by atoms with E-state index in [1.807, 2.05) is 0 Å². The summed E-state index contributed by atoms with van der Waals surface area (Å²) in [7, 11) is 0. The molecule has 7 heteroatoms. The van der Waals surface area contributed by atoms with E-state index < -0.39 is 11.9 Å². The average Bonchev–Trinajstić information content (AvgIpc) is 2.32. The molecule has 0 amide bonds. The van der Waals surface area contributed by atoms with Gasteiger partial charge in [-0.25, -0.2) is 0 Å². The summed E-state index contributed by atoms with van der Waals surface area (Å²) in [5.41, 5.74) is 4.52. The largest absolute Gasteiger partial charge is 0.435 e. The van der Waals surface area contributed by atoms with Crippen molar-refractivity contribution in [1.82, 2.24) is 9.78 Å². The smallest absolute Gasteiger partial charge is 0.326 e. The molecule has 0 saturated heterocycles. The van der Waals surface area contributed by atoms with Gasteiger partial charge in [0.1, 0.15) is 0 Å². The number of rotatable bonds is 2. The summed E-state index contributed by atoms with van der Waals surface area (Å²) < 4.78 is 37.3. The van der Waals surface area contributed by atoms with Gasteiger partial charge in [-0.05, 0) is 13.0 Å². The number of aromatic nitrogens is 2. The molecule has 0 aliphatic heterocycles. The maximum absolute atomic E-state index is 12.0. The van der Waals surface area contributed by atoms with E-state index in [0.717, 1.165) is 6.07 Å². The number of halogens is 4. The van der Waals surface area contributed by atoms with Gasteiger partial charge >= 0.3 is 6.18 Å². The van der Waals surface area contributed by atoms with Gasteiger partial charge in [0.2, 0.25) is 0 Å². The first-order valence-corrected chi connectivity index (χ1v) is 3.76. The summed E-state index contributed by atoms with van der Waals surface area (Å²) in [5.74, 6) is 0. The van der Waals surface area contributed by atoms with E-state index in [-0.39, 0.29) is 25.0 Å². The predicted molar refractivity (Wildman–Crippen MR) is 48.1 cm³/mol. The first-order chi connectivity index (χ1) is 5.89. The molecule has 0 spiro atoms. The van der Waals surface area contributed by atoms with Crippen molar-refractivity contribution >= 4 is 12.4 Å². The lowest BCUT2D eigenvalue weighted by Crippen LogP contribution is -2.22. The molecule has 0 fully saturated rings. The zero-order valence-corrected chi connectivity index (χ0v) is 8.27. The van der Waals surface area contributed by atoms with Crippen molar-refractivity contribution in [3.8, 4) is 0 Å². The van der Waals surface area contributed by atoms with E-state index in [2.05, 4.69) is 5.10 Å². The molecule has 1 aromatic heterocycles. The Morgan fingerprint density at radius 3 is 2.50 bits per heavy atom. The lowest BCUT2D eigenvalue weighted by molar-refractivity contribution is -0.141. The number of hydrogen-bond donors (Lipinski definition) is 1. The van der Waals surface area contributed by atoms with Gasteiger partial charge in [-0.1, -0.05) is 0 Å². The van der Waals surface area contributed by atoms with Gasteiger partial charge in [-0.3, -0.25) is 4.68 Å². The van der Waals surface area contributed by atoms with Crippen LogP contribution in [-0.4, -0.2) is 15.8 Å². The quantitative estimate of drug-likeness (QED) is 0.839. The van der Waals surface area contributed by atoms with Crippen molar-refractivity contribution in [1.29, 1.82) is 0 Å². The third-order valence-electron chi connectivity index (χ3n) is 1.41. The monoisotopic (exact) mass is 229 g/mol. The Hall–Kier alpha value is -0.750. The molecule has 0 bridgehead atoms. The molecule has 1 heterocycles. The Balaban J connectivity index is 0.00000169. The minimum Gasteiger partial charge on any atom is -0.326 e. The second-order valence-corrected chi connectivity index (χ2v) is 2.90. The molecule has 1 unspecified atom stereocenters. The molecular weight excluding hydrogens is 219 g/mol. The zero-order chi connectivity index (χ0) is 10.1. The van der Waals surface area contributed by atoms with E-state index in [4.69, 9.17) is 5.73 Å². The Labute approximate surface area is 85.5 Å². The number of hydrogen-bond acceptors (Lipinski definition) is 2. The minimum absolute atomic E-state index is 0. The molecule has 0 aliphatic carbocycles. The SMILES string of the molecule is CC(N)Cn1ccc(C(F)(F)F)n1.Cl. The van der Waals surface area contributed by atoms with Gasteiger partial charge in [0.15, 0.2) is 5.69 Å². The Morgan fingerprint density at radius 1 is 1.57 bits per heavy atom. The molecule has 1 aromatic rings. The third kappa shape index (κ3) is 3.55. The van der Waals surface area contributed by atoms with Crippen LogP contribution in [0.15, 0.2) is 12.3 Å². The van der Waals surface area contributed by atoms with Crippen LogP contribution in [0.3, 0.4) is 0 Å². The van der Waals surface area contributed by atoms with Gasteiger partial charge in [0.25, 0.3) is 0 Å². The highest BCUT2D eigenvalue weighted by Gasteiger charge is 2.33. The van der Waals surface area contributed by atoms with Crippen LogP contribution >= 0.6 is 12.4 Å². The Kier molecular flexibility index (Phi) is 4.41. The highest BCUT2D eigenvalue weighted by atomic mass is 35.5. The van der Waals surface area contributed by atoms with Gasteiger partial charge in [-0.15, -0.1) is 12.4 Å². The maximum atomic E-state index is 12.0. The maximum Gasteiger partial charge on any atom is 0.435 e. The van der Waals surface area contributed by atoms with Crippen molar-refractivity contribution in [3.05, 3.63) is 18.0 Å². The van der Waals surface area contributed by atoms with Crippen LogP contribution < -0.4 is 5.73 Å². The fourth-order valence-corrected chi connectivity index (χ4v) is 0.910. The highest BCUT2D eigenvalue weighted by Crippen LogP contribution is 2.27. The molecule has 0 aliphatic rings. The summed E-state index contributed by atoms with van der Waals surface area (Å²) in [6.45, 7) is 1.99. The van der Waals surface area contributed by atoms with E-state index in [1.165, 1.54) is 10.9 Å². The molecule has 0 radical (unpaired) electrons. The first-order valence-electron chi connectivity index (χ1n) is 3.76. The number of nitrogens with two attached hydrogens (primary N) is 1. The van der Waals surface area contributed by atoms with Crippen LogP contribution in [0.1, 0.15) is 12.6 Å². The van der Waals surface area contributed by atoms with Crippen LogP contribution in [0.4, 0.5) is 13.2 Å². The van der Waals surface area contributed by atoms with Crippen molar-refractivity contribution in [2.45, 2.75) is 25.7 Å². The van der Waals surface area contributed by atoms with E-state index in [1.54, 1.807) is 6.92 Å². The van der Waals surface area contributed by atoms with Crippen LogP contribution in [0, 0.1) is 0 Å². The van der Waals surface area contributed by atoms with Crippen LogP contribution in [0.25, 0.3) is 0 Å². The molecule has 0 aromatic carbocycles. The molecule has 0 saturated carbocycles. The predicted octanol–water partition coefficient (Wildman–Crippen LogP) is 1.67. The molecule has 1 rings (SSSR count). The topological polar surface area (TPSA) is 43.8 Å². The van der Waals surface area contributed by atoms with Crippen molar-refractivity contribution in [2.24, 2.45) is 5.73 Å². The van der Waals surface area contributed by atoms with Gasteiger partial charge in [-0.2, -0.15) is 18.3 Å². The molecule has 82 valence electrons. The molecule has 3 nitrogen and oxygen atoms in total. The van der Waals surface area contributed by atoms with E-state index in [9.17, 15) is 13.2 Å². The molecular formula is C7H11ClF3N3. The highest BCUT2D eigenvalue weighted by molar-refractivity contribution is 5.85. The fourth-order valence-electron chi connectivity index (χ4n) is 0.910. The fraction of sp³-hybridized carbons (Fsp3) is 0.571. The number of alkyl halides is 3. The summed E-state index contributed by atoms with van der Waals surface area (Å²) in [6, 6.07) is 0.725. The Bertz CT molecular complexity index is 282. The lowest BCUT2D eigenvalue weighted by atomic mass is 10.4. The summed E-state index contributed by atoms with van der Waals surface area (Å²) in [6.07, 6.45) is -3.10. The second kappa shape index (κ2) is 4.65.